The van der Waals surface area contributed by atoms with Crippen LogP contribution in [0.4, 0.5) is 5.69 Å². The zero-order chi connectivity index (χ0) is 15.4. The molecule has 0 aliphatic carbocycles. The average Bonchev–Trinajstić information content (AvgIpc) is 2.48. The van der Waals surface area contributed by atoms with Gasteiger partial charge >= 0.3 is 0 Å². The molecule has 1 heterocycles. The summed E-state index contributed by atoms with van der Waals surface area (Å²) in [7, 11) is 0. The van der Waals surface area contributed by atoms with Crippen LogP contribution in [-0.2, 0) is 0 Å². The quantitative estimate of drug-likeness (QED) is 0.542. The maximum Gasteiger partial charge on any atom is 0.271 e. The molecule has 0 unspecified atom stereocenters. The van der Waals surface area contributed by atoms with Crippen LogP contribution >= 0.6 is 15.9 Å². The summed E-state index contributed by atoms with van der Waals surface area (Å²) in [4.78, 5) is 12.6. The fourth-order valence-corrected chi connectivity index (χ4v) is 3.08. The number of aromatic hydroxyl groups is 1. The number of halogens is 1. The van der Waals surface area contributed by atoms with Crippen LogP contribution in [0.3, 0.4) is 0 Å². The minimum absolute atomic E-state index is 0.00224. The Kier molecular flexibility index (Phi) is 5.51. The Hall–Kier alpha value is -1.22. The highest BCUT2D eigenvalue weighted by Gasteiger charge is 2.27. The number of hydrogen-bond donors (Lipinski definition) is 3. The lowest BCUT2D eigenvalue weighted by Crippen LogP contribution is -2.45. The van der Waals surface area contributed by atoms with Gasteiger partial charge < -0.3 is 15.5 Å². The zero-order valence-electron chi connectivity index (χ0n) is 11.5. The molecule has 1 fully saturated rings. The van der Waals surface area contributed by atoms with Gasteiger partial charge in [-0.25, -0.2) is 0 Å². The molecule has 1 aliphatic rings. The van der Waals surface area contributed by atoms with Gasteiger partial charge in [0.15, 0.2) is 0 Å². The minimum atomic E-state index is -0.485. The Bertz CT molecular complexity index is 520. The van der Waals surface area contributed by atoms with Crippen molar-refractivity contribution in [3.05, 3.63) is 32.3 Å². The van der Waals surface area contributed by atoms with Gasteiger partial charge in [0.05, 0.1) is 9.40 Å². The second-order valence-corrected chi connectivity index (χ2v) is 5.79. The maximum absolute atomic E-state index is 11.0. The first-order chi connectivity index (χ1) is 10.0. The van der Waals surface area contributed by atoms with Gasteiger partial charge in [-0.15, -0.1) is 0 Å². The van der Waals surface area contributed by atoms with Crippen LogP contribution < -0.4 is 5.32 Å². The van der Waals surface area contributed by atoms with Crippen molar-refractivity contribution in [2.75, 3.05) is 32.8 Å². The van der Waals surface area contributed by atoms with Crippen molar-refractivity contribution in [2.45, 2.75) is 12.5 Å². The molecular formula is C13H18BrN3O4. The predicted molar refractivity (Wildman–Crippen MR) is 81.3 cm³/mol. The first-order valence-corrected chi connectivity index (χ1v) is 7.56. The lowest BCUT2D eigenvalue weighted by molar-refractivity contribution is -0.385. The molecule has 0 spiro atoms. The summed E-state index contributed by atoms with van der Waals surface area (Å²) in [6.45, 7) is 3.13. The van der Waals surface area contributed by atoms with E-state index in [2.05, 4.69) is 26.1 Å². The number of phenolic OH excluding ortho intramolecular Hbond substituents is 1. The monoisotopic (exact) mass is 359 g/mol. The number of nitro benzene ring substituents is 1. The fourth-order valence-electron chi connectivity index (χ4n) is 2.62. The van der Waals surface area contributed by atoms with E-state index in [1.54, 1.807) is 0 Å². The van der Waals surface area contributed by atoms with E-state index in [1.165, 1.54) is 12.1 Å². The molecule has 3 N–H and O–H groups in total. The standard InChI is InChI=1S/C13H18BrN3O4/c14-11-8-9(17(20)21)7-10(13(11)19)12(1-6-18)16-4-2-15-3-5-16/h7-8,12,15,18-19H,1-6H2/t12-/m1/s1. The van der Waals surface area contributed by atoms with E-state index < -0.39 is 4.92 Å². The van der Waals surface area contributed by atoms with E-state index in [1.807, 2.05) is 0 Å². The third kappa shape index (κ3) is 3.70. The number of phenols is 1. The minimum Gasteiger partial charge on any atom is -0.506 e. The van der Waals surface area contributed by atoms with E-state index in [4.69, 9.17) is 0 Å². The van der Waals surface area contributed by atoms with E-state index in [9.17, 15) is 20.3 Å². The molecule has 1 aromatic rings. The molecule has 21 heavy (non-hydrogen) atoms. The zero-order valence-corrected chi connectivity index (χ0v) is 13.0. The van der Waals surface area contributed by atoms with Crippen molar-refractivity contribution < 1.29 is 15.1 Å². The number of piperazine rings is 1. The molecule has 1 aromatic carbocycles. The molecular weight excluding hydrogens is 342 g/mol. The van der Waals surface area contributed by atoms with Crippen LogP contribution in [0.2, 0.25) is 0 Å². The van der Waals surface area contributed by atoms with Crippen molar-refractivity contribution in [3.8, 4) is 5.75 Å². The summed E-state index contributed by atoms with van der Waals surface area (Å²) in [5, 5.41) is 33.8. The summed E-state index contributed by atoms with van der Waals surface area (Å²) < 4.78 is 0.296. The third-order valence-electron chi connectivity index (χ3n) is 3.64. The second kappa shape index (κ2) is 7.17. The number of nitrogens with one attached hydrogen (secondary N) is 1. The first kappa shape index (κ1) is 16.2. The SMILES string of the molecule is O=[N+]([O-])c1cc(Br)c(O)c([C@@H](CCO)N2CCNCC2)c1. The Balaban J connectivity index is 2.40. The van der Waals surface area contributed by atoms with Gasteiger partial charge in [0.25, 0.3) is 5.69 Å². The smallest absolute Gasteiger partial charge is 0.271 e. The van der Waals surface area contributed by atoms with Crippen molar-refractivity contribution in [2.24, 2.45) is 0 Å². The molecule has 0 radical (unpaired) electrons. The molecule has 0 amide bonds. The van der Waals surface area contributed by atoms with Crippen molar-refractivity contribution in [1.82, 2.24) is 10.2 Å². The van der Waals surface area contributed by atoms with Crippen LogP contribution in [0, 0.1) is 10.1 Å². The Morgan fingerprint density at radius 2 is 2.10 bits per heavy atom. The topological polar surface area (TPSA) is 98.9 Å². The summed E-state index contributed by atoms with van der Waals surface area (Å²) in [5.74, 6) is -0.00224. The highest BCUT2D eigenvalue weighted by atomic mass is 79.9. The summed E-state index contributed by atoms with van der Waals surface area (Å²) in [5.41, 5.74) is 0.403. The van der Waals surface area contributed by atoms with Gasteiger partial charge in [-0.3, -0.25) is 15.0 Å². The number of nitro groups is 1. The van der Waals surface area contributed by atoms with E-state index in [0.29, 0.717) is 16.5 Å². The number of aliphatic hydroxyl groups is 1. The number of nitrogens with zero attached hydrogens (tertiary/aromatic N) is 2. The molecule has 7 nitrogen and oxygen atoms in total. The fraction of sp³-hybridized carbons (Fsp3) is 0.538. The number of hydrogen-bond acceptors (Lipinski definition) is 6. The lowest BCUT2D eigenvalue weighted by atomic mass is 9.99. The van der Waals surface area contributed by atoms with Gasteiger partial charge in [0, 0.05) is 56.5 Å². The molecule has 8 heteroatoms. The van der Waals surface area contributed by atoms with E-state index in [-0.39, 0.29) is 24.1 Å². The third-order valence-corrected chi connectivity index (χ3v) is 4.25. The summed E-state index contributed by atoms with van der Waals surface area (Å²) in [6, 6.07) is 2.43. The van der Waals surface area contributed by atoms with Crippen LogP contribution in [0.15, 0.2) is 16.6 Å². The number of rotatable bonds is 5. The van der Waals surface area contributed by atoms with E-state index in [0.717, 1.165) is 26.2 Å². The number of aliphatic hydroxyl groups excluding tert-OH is 1. The second-order valence-electron chi connectivity index (χ2n) is 4.94. The number of non-ortho nitro benzene ring substituents is 1. The normalized spacial score (nSPS) is 17.6. The lowest BCUT2D eigenvalue weighted by Gasteiger charge is -2.35. The average molecular weight is 360 g/mol. The Morgan fingerprint density at radius 3 is 2.67 bits per heavy atom. The molecule has 116 valence electrons. The van der Waals surface area contributed by atoms with Crippen LogP contribution in [0.25, 0.3) is 0 Å². The predicted octanol–water partition coefficient (Wildman–Crippen LogP) is 1.39. The highest BCUT2D eigenvalue weighted by Crippen LogP contribution is 2.39. The molecule has 0 aromatic heterocycles. The van der Waals surface area contributed by atoms with Gasteiger partial charge in [0.2, 0.25) is 0 Å². The Morgan fingerprint density at radius 1 is 1.43 bits per heavy atom. The molecule has 1 aliphatic heterocycles. The van der Waals surface area contributed by atoms with Gasteiger partial charge in [-0.1, -0.05) is 0 Å². The first-order valence-electron chi connectivity index (χ1n) is 6.77. The maximum atomic E-state index is 11.0. The molecule has 1 atom stereocenters. The molecule has 0 saturated carbocycles. The van der Waals surface area contributed by atoms with Crippen molar-refractivity contribution in [1.29, 1.82) is 0 Å². The van der Waals surface area contributed by atoms with Gasteiger partial charge in [-0.2, -0.15) is 0 Å². The Labute approximate surface area is 130 Å². The van der Waals surface area contributed by atoms with Crippen molar-refractivity contribution >= 4 is 21.6 Å². The van der Waals surface area contributed by atoms with Gasteiger partial charge in [0.1, 0.15) is 5.75 Å². The van der Waals surface area contributed by atoms with Crippen LogP contribution in [0.5, 0.6) is 5.75 Å². The number of benzene rings is 1. The van der Waals surface area contributed by atoms with Crippen LogP contribution in [0.1, 0.15) is 18.0 Å². The largest absolute Gasteiger partial charge is 0.506 e. The molecule has 2 rings (SSSR count). The summed E-state index contributed by atoms with van der Waals surface area (Å²) in [6.07, 6.45) is 0.418. The van der Waals surface area contributed by atoms with Crippen molar-refractivity contribution in [3.63, 3.8) is 0 Å². The van der Waals surface area contributed by atoms with E-state index >= 15 is 0 Å². The van der Waals surface area contributed by atoms with Crippen LogP contribution in [-0.4, -0.2) is 52.8 Å². The highest BCUT2D eigenvalue weighted by molar-refractivity contribution is 9.10. The van der Waals surface area contributed by atoms with Gasteiger partial charge in [-0.05, 0) is 22.4 Å². The molecule has 0 bridgehead atoms. The molecule has 1 saturated heterocycles. The summed E-state index contributed by atoms with van der Waals surface area (Å²) >= 11 is 3.16.